The van der Waals surface area contributed by atoms with E-state index in [-0.39, 0.29) is 0 Å². The standard InChI is InChI=1S/C18H24N2/c1-13-6-7-16(12-14(13)2)18(20(4)5)15-8-10-17(19-3)11-9-15/h6-12,18-19H,1-5H3. The minimum Gasteiger partial charge on any atom is -0.388 e. The van der Waals surface area contributed by atoms with Gasteiger partial charge in [-0.3, -0.25) is 4.90 Å². The molecule has 2 aromatic rings. The maximum Gasteiger partial charge on any atom is 0.0596 e. The Morgan fingerprint density at radius 1 is 0.850 bits per heavy atom. The van der Waals surface area contributed by atoms with Gasteiger partial charge in [0.05, 0.1) is 6.04 Å². The summed E-state index contributed by atoms with van der Waals surface area (Å²) in [7, 11) is 6.21. The smallest absolute Gasteiger partial charge is 0.0596 e. The van der Waals surface area contributed by atoms with Crippen molar-refractivity contribution in [2.45, 2.75) is 19.9 Å². The zero-order valence-corrected chi connectivity index (χ0v) is 13.1. The molecule has 106 valence electrons. The minimum absolute atomic E-state index is 0.292. The highest BCUT2D eigenvalue weighted by Gasteiger charge is 2.16. The number of hydrogen-bond donors (Lipinski definition) is 1. The first-order valence-electron chi connectivity index (χ1n) is 7.04. The SMILES string of the molecule is CNc1ccc(C(c2ccc(C)c(C)c2)N(C)C)cc1. The van der Waals surface area contributed by atoms with Gasteiger partial charge in [-0.2, -0.15) is 0 Å². The van der Waals surface area contributed by atoms with Gasteiger partial charge in [0.25, 0.3) is 0 Å². The van der Waals surface area contributed by atoms with Crippen LogP contribution in [0.15, 0.2) is 42.5 Å². The molecule has 0 amide bonds. The van der Waals surface area contributed by atoms with Crippen molar-refractivity contribution >= 4 is 5.69 Å². The van der Waals surface area contributed by atoms with E-state index in [1.54, 1.807) is 0 Å². The van der Waals surface area contributed by atoms with Gasteiger partial charge >= 0.3 is 0 Å². The number of aryl methyl sites for hydroxylation is 2. The maximum absolute atomic E-state index is 3.17. The van der Waals surface area contributed by atoms with Crippen molar-refractivity contribution < 1.29 is 0 Å². The quantitative estimate of drug-likeness (QED) is 0.901. The normalized spacial score (nSPS) is 12.5. The molecule has 0 aromatic heterocycles. The summed E-state index contributed by atoms with van der Waals surface area (Å²) in [5.74, 6) is 0. The van der Waals surface area contributed by atoms with Gasteiger partial charge in [0.1, 0.15) is 0 Å². The molecule has 0 saturated carbocycles. The van der Waals surface area contributed by atoms with Gasteiger partial charge in [-0.1, -0.05) is 30.3 Å². The fourth-order valence-electron chi connectivity index (χ4n) is 2.56. The summed E-state index contributed by atoms with van der Waals surface area (Å²) < 4.78 is 0. The van der Waals surface area contributed by atoms with Crippen LogP contribution in [0.2, 0.25) is 0 Å². The molecule has 0 radical (unpaired) electrons. The van der Waals surface area contributed by atoms with Crippen LogP contribution in [0.5, 0.6) is 0 Å². The van der Waals surface area contributed by atoms with Gasteiger partial charge in [-0.25, -0.2) is 0 Å². The molecule has 0 aliphatic rings. The zero-order valence-electron chi connectivity index (χ0n) is 13.1. The van der Waals surface area contributed by atoms with E-state index in [2.05, 4.69) is 80.6 Å². The average Bonchev–Trinajstić information content (AvgIpc) is 2.43. The molecule has 2 heteroatoms. The van der Waals surface area contributed by atoms with E-state index >= 15 is 0 Å². The van der Waals surface area contributed by atoms with Crippen LogP contribution in [0.25, 0.3) is 0 Å². The Balaban J connectivity index is 2.41. The average molecular weight is 268 g/mol. The van der Waals surface area contributed by atoms with Crippen LogP contribution >= 0.6 is 0 Å². The molecule has 1 atom stereocenters. The molecular formula is C18H24N2. The number of rotatable bonds is 4. The predicted molar refractivity (Wildman–Crippen MR) is 87.4 cm³/mol. The summed E-state index contributed by atoms with van der Waals surface area (Å²) in [5, 5.41) is 3.17. The molecule has 0 spiro atoms. The Hall–Kier alpha value is -1.80. The van der Waals surface area contributed by atoms with Crippen LogP contribution < -0.4 is 5.32 Å². The second kappa shape index (κ2) is 6.10. The molecule has 0 saturated heterocycles. The summed E-state index contributed by atoms with van der Waals surface area (Å²) in [4.78, 5) is 2.26. The molecule has 0 heterocycles. The summed E-state index contributed by atoms with van der Waals surface area (Å²) in [6.07, 6.45) is 0. The highest BCUT2D eigenvalue weighted by atomic mass is 15.1. The van der Waals surface area contributed by atoms with Gasteiger partial charge < -0.3 is 5.32 Å². The van der Waals surface area contributed by atoms with Crippen LogP contribution in [-0.4, -0.2) is 26.0 Å². The Kier molecular flexibility index (Phi) is 4.46. The fourth-order valence-corrected chi connectivity index (χ4v) is 2.56. The first-order valence-corrected chi connectivity index (χ1v) is 7.04. The summed E-state index contributed by atoms with van der Waals surface area (Å²) >= 11 is 0. The molecule has 2 rings (SSSR count). The van der Waals surface area contributed by atoms with E-state index in [1.807, 2.05) is 7.05 Å². The molecule has 0 aliphatic heterocycles. The van der Waals surface area contributed by atoms with Crippen LogP contribution in [0.4, 0.5) is 5.69 Å². The molecule has 2 nitrogen and oxygen atoms in total. The first-order chi connectivity index (χ1) is 9.52. The lowest BCUT2D eigenvalue weighted by molar-refractivity contribution is 0.342. The van der Waals surface area contributed by atoms with Gasteiger partial charge in [0.2, 0.25) is 0 Å². The molecule has 1 unspecified atom stereocenters. The third-order valence-corrected chi connectivity index (χ3v) is 3.88. The van der Waals surface area contributed by atoms with E-state index in [0.29, 0.717) is 6.04 Å². The molecule has 1 N–H and O–H groups in total. The largest absolute Gasteiger partial charge is 0.388 e. The van der Waals surface area contributed by atoms with Crippen LogP contribution in [0, 0.1) is 13.8 Å². The van der Waals surface area contributed by atoms with Crippen LogP contribution in [0.1, 0.15) is 28.3 Å². The Morgan fingerprint density at radius 2 is 1.45 bits per heavy atom. The van der Waals surface area contributed by atoms with E-state index in [9.17, 15) is 0 Å². The van der Waals surface area contributed by atoms with E-state index in [1.165, 1.54) is 22.3 Å². The molecule has 0 aliphatic carbocycles. The number of nitrogens with one attached hydrogen (secondary N) is 1. The van der Waals surface area contributed by atoms with E-state index in [0.717, 1.165) is 5.69 Å². The molecular weight excluding hydrogens is 244 g/mol. The molecule has 2 aromatic carbocycles. The minimum atomic E-state index is 0.292. The zero-order chi connectivity index (χ0) is 14.7. The number of benzene rings is 2. The first kappa shape index (κ1) is 14.6. The predicted octanol–water partition coefficient (Wildman–Crippen LogP) is 4.00. The van der Waals surface area contributed by atoms with Gasteiger partial charge in [-0.15, -0.1) is 0 Å². The van der Waals surface area contributed by atoms with Crippen molar-refractivity contribution in [1.29, 1.82) is 0 Å². The lowest BCUT2D eigenvalue weighted by Crippen LogP contribution is -2.21. The van der Waals surface area contributed by atoms with Crippen molar-refractivity contribution in [3.63, 3.8) is 0 Å². The van der Waals surface area contributed by atoms with Gasteiger partial charge in [-0.05, 0) is 62.3 Å². The van der Waals surface area contributed by atoms with Gasteiger partial charge in [0.15, 0.2) is 0 Å². The second-order valence-corrected chi connectivity index (χ2v) is 5.58. The van der Waals surface area contributed by atoms with E-state index < -0.39 is 0 Å². The van der Waals surface area contributed by atoms with Gasteiger partial charge in [0, 0.05) is 12.7 Å². The number of anilines is 1. The second-order valence-electron chi connectivity index (χ2n) is 5.58. The molecule has 0 fully saturated rings. The molecule has 20 heavy (non-hydrogen) atoms. The third kappa shape index (κ3) is 3.02. The van der Waals surface area contributed by atoms with Crippen molar-refractivity contribution in [3.05, 3.63) is 64.7 Å². The monoisotopic (exact) mass is 268 g/mol. The molecule has 0 bridgehead atoms. The number of nitrogens with zero attached hydrogens (tertiary/aromatic N) is 1. The summed E-state index contributed by atoms with van der Waals surface area (Å²) in [6, 6.07) is 15.7. The maximum atomic E-state index is 3.17. The van der Waals surface area contributed by atoms with Crippen LogP contribution in [-0.2, 0) is 0 Å². The Bertz CT molecular complexity index is 570. The highest BCUT2D eigenvalue weighted by molar-refractivity contribution is 5.46. The van der Waals surface area contributed by atoms with Crippen molar-refractivity contribution in [2.24, 2.45) is 0 Å². The lowest BCUT2D eigenvalue weighted by Gasteiger charge is -2.26. The summed E-state index contributed by atoms with van der Waals surface area (Å²) in [5.41, 5.74) is 6.50. The fraction of sp³-hybridized carbons (Fsp3) is 0.333. The van der Waals surface area contributed by atoms with Crippen molar-refractivity contribution in [1.82, 2.24) is 4.90 Å². The topological polar surface area (TPSA) is 15.3 Å². The van der Waals surface area contributed by atoms with Crippen molar-refractivity contribution in [3.8, 4) is 0 Å². The Morgan fingerprint density at radius 3 is 1.95 bits per heavy atom. The van der Waals surface area contributed by atoms with E-state index in [4.69, 9.17) is 0 Å². The Labute approximate surface area is 122 Å². The van der Waals surface area contributed by atoms with Crippen LogP contribution in [0.3, 0.4) is 0 Å². The lowest BCUT2D eigenvalue weighted by atomic mass is 9.95. The highest BCUT2D eigenvalue weighted by Crippen LogP contribution is 2.28. The third-order valence-electron chi connectivity index (χ3n) is 3.88. The number of hydrogen-bond acceptors (Lipinski definition) is 2. The van der Waals surface area contributed by atoms with Crippen molar-refractivity contribution in [2.75, 3.05) is 26.5 Å². The summed E-state index contributed by atoms with van der Waals surface area (Å²) in [6.45, 7) is 4.33.